The number of nitrogens with one attached hydrogen (secondary N) is 1. The van der Waals surface area contributed by atoms with Gasteiger partial charge in [-0.25, -0.2) is 0 Å². The molecule has 0 aromatic heterocycles. The number of hydrogen-bond acceptors (Lipinski definition) is 4. The Morgan fingerprint density at radius 3 is 2.47 bits per heavy atom. The van der Waals surface area contributed by atoms with Crippen LogP contribution in [0.15, 0.2) is 0 Å². The number of hydrogen-bond donors (Lipinski definition) is 1. The van der Waals surface area contributed by atoms with Gasteiger partial charge in [-0.15, -0.1) is 0 Å². The van der Waals surface area contributed by atoms with Gasteiger partial charge in [0.05, 0.1) is 7.11 Å². The van der Waals surface area contributed by atoms with Crippen molar-refractivity contribution < 1.29 is 9.53 Å². The van der Waals surface area contributed by atoms with E-state index in [0.29, 0.717) is 6.04 Å². The number of carbonyl (C=O) groups is 1. The molecule has 0 amide bonds. The third-order valence-electron chi connectivity index (χ3n) is 3.44. The standard InChI is InChI=1S/C13H26N2O2/c1-10(2)14-12(13(16)17-4)9-15(3)11-7-5-6-8-11/h10-12,14H,5-9H2,1-4H3. The number of ether oxygens (including phenoxy) is 1. The molecule has 1 aliphatic rings. The molecule has 0 aromatic rings. The number of esters is 1. The van der Waals surface area contributed by atoms with Crippen LogP contribution < -0.4 is 5.32 Å². The highest BCUT2D eigenvalue weighted by molar-refractivity contribution is 5.75. The highest BCUT2D eigenvalue weighted by Gasteiger charge is 2.26. The second kappa shape index (κ2) is 6.97. The van der Waals surface area contributed by atoms with E-state index in [2.05, 4.69) is 17.3 Å². The second-order valence-corrected chi connectivity index (χ2v) is 5.27. The fraction of sp³-hybridized carbons (Fsp3) is 0.923. The van der Waals surface area contributed by atoms with Gasteiger partial charge in [0.25, 0.3) is 0 Å². The summed E-state index contributed by atoms with van der Waals surface area (Å²) in [5.41, 5.74) is 0. The topological polar surface area (TPSA) is 41.6 Å². The highest BCUT2D eigenvalue weighted by Crippen LogP contribution is 2.22. The van der Waals surface area contributed by atoms with Crippen LogP contribution in [0.1, 0.15) is 39.5 Å². The van der Waals surface area contributed by atoms with Crippen LogP contribution in [0.25, 0.3) is 0 Å². The summed E-state index contributed by atoms with van der Waals surface area (Å²) in [7, 11) is 3.56. The molecule has 17 heavy (non-hydrogen) atoms. The van der Waals surface area contributed by atoms with E-state index in [0.717, 1.165) is 6.54 Å². The lowest BCUT2D eigenvalue weighted by molar-refractivity contribution is -0.143. The van der Waals surface area contributed by atoms with Gasteiger partial charge < -0.3 is 15.0 Å². The largest absolute Gasteiger partial charge is 0.468 e. The number of nitrogens with zero attached hydrogens (tertiary/aromatic N) is 1. The van der Waals surface area contributed by atoms with Crippen molar-refractivity contribution in [3.05, 3.63) is 0 Å². The molecule has 1 rings (SSSR count). The van der Waals surface area contributed by atoms with Crippen molar-refractivity contribution in [1.29, 1.82) is 0 Å². The van der Waals surface area contributed by atoms with Crippen LogP contribution in [0, 0.1) is 0 Å². The fourth-order valence-electron chi connectivity index (χ4n) is 2.52. The summed E-state index contributed by atoms with van der Waals surface area (Å²) >= 11 is 0. The van der Waals surface area contributed by atoms with E-state index in [1.807, 2.05) is 13.8 Å². The molecule has 100 valence electrons. The van der Waals surface area contributed by atoms with Crippen LogP contribution in [0.2, 0.25) is 0 Å². The third kappa shape index (κ3) is 4.64. The summed E-state index contributed by atoms with van der Waals surface area (Å²) in [5, 5.41) is 3.27. The van der Waals surface area contributed by atoms with E-state index >= 15 is 0 Å². The molecule has 1 saturated carbocycles. The summed E-state index contributed by atoms with van der Waals surface area (Å²) in [6.45, 7) is 4.83. The summed E-state index contributed by atoms with van der Waals surface area (Å²) in [5.74, 6) is -0.163. The second-order valence-electron chi connectivity index (χ2n) is 5.27. The molecular formula is C13H26N2O2. The third-order valence-corrected chi connectivity index (χ3v) is 3.44. The van der Waals surface area contributed by atoms with Gasteiger partial charge in [0.15, 0.2) is 0 Å². The molecule has 1 atom stereocenters. The maximum atomic E-state index is 11.7. The summed E-state index contributed by atoms with van der Waals surface area (Å²) in [6, 6.07) is 0.706. The lowest BCUT2D eigenvalue weighted by Gasteiger charge is -2.29. The van der Waals surface area contributed by atoms with Crippen molar-refractivity contribution in [3.8, 4) is 0 Å². The summed E-state index contributed by atoms with van der Waals surface area (Å²) in [4.78, 5) is 14.0. The van der Waals surface area contributed by atoms with Gasteiger partial charge in [0, 0.05) is 18.6 Å². The van der Waals surface area contributed by atoms with Gasteiger partial charge >= 0.3 is 5.97 Å². The average molecular weight is 242 g/mol. The van der Waals surface area contributed by atoms with Crippen LogP contribution >= 0.6 is 0 Å². The van der Waals surface area contributed by atoms with Gasteiger partial charge in [-0.3, -0.25) is 4.79 Å². The van der Waals surface area contributed by atoms with Gasteiger partial charge in [0.2, 0.25) is 0 Å². The van der Waals surface area contributed by atoms with Crippen molar-refractivity contribution in [2.75, 3.05) is 20.7 Å². The predicted molar refractivity (Wildman–Crippen MR) is 69.0 cm³/mol. The zero-order chi connectivity index (χ0) is 12.8. The van der Waals surface area contributed by atoms with Gasteiger partial charge in [-0.2, -0.15) is 0 Å². The van der Waals surface area contributed by atoms with E-state index in [9.17, 15) is 4.79 Å². The summed E-state index contributed by atoms with van der Waals surface area (Å²) in [6.07, 6.45) is 5.14. The molecule has 1 N–H and O–H groups in total. The first-order chi connectivity index (χ1) is 8.04. The number of carbonyl (C=O) groups excluding carboxylic acids is 1. The molecule has 0 aromatic carbocycles. The molecule has 0 aliphatic heterocycles. The predicted octanol–water partition coefficient (Wildman–Crippen LogP) is 1.40. The SMILES string of the molecule is COC(=O)C(CN(C)C1CCCC1)NC(C)C. The van der Waals surface area contributed by atoms with Crippen molar-refractivity contribution in [1.82, 2.24) is 10.2 Å². The van der Waals surface area contributed by atoms with Crippen molar-refractivity contribution in [2.45, 2.75) is 57.7 Å². The van der Waals surface area contributed by atoms with Crippen molar-refractivity contribution in [2.24, 2.45) is 0 Å². The minimum atomic E-state index is -0.217. The Morgan fingerprint density at radius 2 is 2.00 bits per heavy atom. The Hall–Kier alpha value is -0.610. The first-order valence-electron chi connectivity index (χ1n) is 6.58. The minimum Gasteiger partial charge on any atom is -0.468 e. The van der Waals surface area contributed by atoms with Crippen LogP contribution in [-0.4, -0.2) is 49.7 Å². The molecule has 4 heteroatoms. The van der Waals surface area contributed by atoms with Gasteiger partial charge in [0.1, 0.15) is 6.04 Å². The van der Waals surface area contributed by atoms with Crippen LogP contribution in [0.5, 0.6) is 0 Å². The first kappa shape index (κ1) is 14.5. The highest BCUT2D eigenvalue weighted by atomic mass is 16.5. The Morgan fingerprint density at radius 1 is 1.41 bits per heavy atom. The quantitative estimate of drug-likeness (QED) is 0.715. The van der Waals surface area contributed by atoms with E-state index in [1.165, 1.54) is 32.8 Å². The molecule has 4 nitrogen and oxygen atoms in total. The fourth-order valence-corrected chi connectivity index (χ4v) is 2.52. The Bertz CT molecular complexity index is 238. The maximum absolute atomic E-state index is 11.7. The molecule has 0 radical (unpaired) electrons. The smallest absolute Gasteiger partial charge is 0.324 e. The Balaban J connectivity index is 2.48. The monoisotopic (exact) mass is 242 g/mol. The minimum absolute atomic E-state index is 0.163. The average Bonchev–Trinajstić information content (AvgIpc) is 2.79. The molecule has 0 bridgehead atoms. The molecule has 0 spiro atoms. The maximum Gasteiger partial charge on any atom is 0.324 e. The normalized spacial score (nSPS) is 18.9. The zero-order valence-electron chi connectivity index (χ0n) is 11.5. The molecule has 1 fully saturated rings. The van der Waals surface area contributed by atoms with Crippen molar-refractivity contribution in [3.63, 3.8) is 0 Å². The van der Waals surface area contributed by atoms with Crippen LogP contribution in [0.3, 0.4) is 0 Å². The Labute approximate surface area is 105 Å². The molecule has 1 aliphatic carbocycles. The Kier molecular flexibility index (Phi) is 5.92. The molecule has 0 heterocycles. The van der Waals surface area contributed by atoms with Gasteiger partial charge in [-0.1, -0.05) is 26.7 Å². The van der Waals surface area contributed by atoms with E-state index in [-0.39, 0.29) is 18.1 Å². The first-order valence-corrected chi connectivity index (χ1v) is 6.58. The zero-order valence-corrected chi connectivity index (χ0v) is 11.5. The lowest BCUT2D eigenvalue weighted by atomic mass is 10.2. The number of rotatable bonds is 6. The van der Waals surface area contributed by atoms with Crippen LogP contribution in [0.4, 0.5) is 0 Å². The molecule has 1 unspecified atom stereocenters. The number of likely N-dealkylation sites (N-methyl/N-ethyl adjacent to an activating group) is 1. The van der Waals surface area contributed by atoms with E-state index < -0.39 is 0 Å². The van der Waals surface area contributed by atoms with Crippen molar-refractivity contribution >= 4 is 5.97 Å². The van der Waals surface area contributed by atoms with Crippen LogP contribution in [-0.2, 0) is 9.53 Å². The lowest BCUT2D eigenvalue weighted by Crippen LogP contribution is -2.50. The molecular weight excluding hydrogens is 216 g/mol. The summed E-state index contributed by atoms with van der Waals surface area (Å²) < 4.78 is 4.85. The van der Waals surface area contributed by atoms with E-state index in [1.54, 1.807) is 0 Å². The molecule has 0 saturated heterocycles. The van der Waals surface area contributed by atoms with E-state index in [4.69, 9.17) is 4.74 Å². The number of methoxy groups -OCH3 is 1. The van der Waals surface area contributed by atoms with Gasteiger partial charge in [-0.05, 0) is 19.9 Å².